The molecule has 0 saturated carbocycles. The van der Waals surface area contributed by atoms with Crippen LogP contribution in [0.2, 0.25) is 0 Å². The molecule has 4 rings (SSSR count). The fourth-order valence-corrected chi connectivity index (χ4v) is 4.02. The summed E-state index contributed by atoms with van der Waals surface area (Å²) in [5.41, 5.74) is -1.24. The Balaban J connectivity index is 1.96. The molecule has 3 aromatic rings. The fraction of sp³-hybridized carbons (Fsp3) is 0.261. The molecule has 0 radical (unpaired) electrons. The Labute approximate surface area is 191 Å². The zero-order valence-corrected chi connectivity index (χ0v) is 18.1. The topological polar surface area (TPSA) is 104 Å². The highest BCUT2D eigenvalue weighted by atomic mass is 19.1. The molecule has 8 nitrogen and oxygen atoms in total. The van der Waals surface area contributed by atoms with E-state index in [0.29, 0.717) is 25.7 Å². The van der Waals surface area contributed by atoms with Crippen LogP contribution in [0.4, 0.5) is 18.9 Å². The standard InChI is InChI=1S/C23H21F3N4O4/c1-12-10-29(5-4-27-12)20-8-19-14(7-17(20)26)22(33)15(23(34)28-9-21(31)32)11-30(19)18-3-2-13(24)6-16(18)25/h2-3,6-8,11-12,27H,4-5,9-10H2,1H3,(H,28,34)(H,31,32). The Kier molecular flexibility index (Phi) is 6.29. The predicted octanol–water partition coefficient (Wildman–Crippen LogP) is 2.02. The zero-order valence-electron chi connectivity index (χ0n) is 18.1. The molecule has 0 bridgehead atoms. The molecule has 2 heterocycles. The van der Waals surface area contributed by atoms with Gasteiger partial charge in [0.1, 0.15) is 29.6 Å². The summed E-state index contributed by atoms with van der Waals surface area (Å²) in [6.07, 6.45) is 1.04. The highest BCUT2D eigenvalue weighted by Crippen LogP contribution is 2.28. The van der Waals surface area contributed by atoms with E-state index in [-0.39, 0.29) is 28.3 Å². The molecule has 1 aromatic heterocycles. The van der Waals surface area contributed by atoms with Crippen LogP contribution >= 0.6 is 0 Å². The summed E-state index contributed by atoms with van der Waals surface area (Å²) >= 11 is 0. The van der Waals surface area contributed by atoms with Crippen molar-refractivity contribution in [2.24, 2.45) is 0 Å². The Hall–Kier alpha value is -3.86. The van der Waals surface area contributed by atoms with E-state index < -0.39 is 46.9 Å². The number of fused-ring (bicyclic) bond motifs is 1. The van der Waals surface area contributed by atoms with Gasteiger partial charge in [-0.1, -0.05) is 0 Å². The number of nitrogens with zero attached hydrogens (tertiary/aromatic N) is 2. The molecular formula is C23H21F3N4O4. The SMILES string of the molecule is CC1CN(c2cc3c(cc2F)c(=O)c(C(=O)NCC(=O)O)cn3-c2ccc(F)cc2F)CCN1. The van der Waals surface area contributed by atoms with Crippen molar-refractivity contribution in [1.82, 2.24) is 15.2 Å². The van der Waals surface area contributed by atoms with E-state index in [1.54, 1.807) is 4.90 Å². The Morgan fingerprint density at radius 2 is 1.88 bits per heavy atom. The van der Waals surface area contributed by atoms with Crippen molar-refractivity contribution in [1.29, 1.82) is 0 Å². The second kappa shape index (κ2) is 9.18. The number of carbonyl (C=O) groups excluding carboxylic acids is 1. The van der Waals surface area contributed by atoms with Gasteiger partial charge in [0, 0.05) is 43.3 Å². The summed E-state index contributed by atoms with van der Waals surface area (Å²) in [7, 11) is 0. The summed E-state index contributed by atoms with van der Waals surface area (Å²) < 4.78 is 44.6. The van der Waals surface area contributed by atoms with Gasteiger partial charge in [0.15, 0.2) is 0 Å². The minimum absolute atomic E-state index is 0.0842. The number of carboxylic acids is 1. The van der Waals surface area contributed by atoms with Crippen molar-refractivity contribution in [3.8, 4) is 5.69 Å². The predicted molar refractivity (Wildman–Crippen MR) is 119 cm³/mol. The number of aromatic nitrogens is 1. The van der Waals surface area contributed by atoms with Crippen LogP contribution in [-0.4, -0.2) is 53.8 Å². The molecule has 3 N–H and O–H groups in total. The van der Waals surface area contributed by atoms with Gasteiger partial charge in [-0.15, -0.1) is 0 Å². The molecule has 1 amide bonds. The number of benzene rings is 2. The molecule has 1 aliphatic rings. The van der Waals surface area contributed by atoms with Gasteiger partial charge in [-0.25, -0.2) is 13.2 Å². The van der Waals surface area contributed by atoms with E-state index in [0.717, 1.165) is 29.0 Å². The van der Waals surface area contributed by atoms with E-state index in [1.165, 1.54) is 6.07 Å². The number of aliphatic carboxylic acids is 1. The first-order chi connectivity index (χ1) is 16.2. The minimum atomic E-state index is -1.33. The number of halogens is 3. The van der Waals surface area contributed by atoms with Gasteiger partial charge in [0.2, 0.25) is 5.43 Å². The number of piperazine rings is 1. The lowest BCUT2D eigenvalue weighted by molar-refractivity contribution is -0.135. The average Bonchev–Trinajstić information content (AvgIpc) is 2.78. The summed E-state index contributed by atoms with van der Waals surface area (Å²) in [5.74, 6) is -4.85. The van der Waals surface area contributed by atoms with Gasteiger partial charge in [-0.05, 0) is 31.2 Å². The average molecular weight is 474 g/mol. The maximum absolute atomic E-state index is 15.2. The molecule has 34 heavy (non-hydrogen) atoms. The van der Waals surface area contributed by atoms with Crippen LogP contribution in [0, 0.1) is 17.5 Å². The summed E-state index contributed by atoms with van der Waals surface area (Å²) in [6.45, 7) is 2.79. The van der Waals surface area contributed by atoms with Crippen molar-refractivity contribution in [2.75, 3.05) is 31.1 Å². The van der Waals surface area contributed by atoms with Crippen molar-refractivity contribution < 1.29 is 27.9 Å². The number of hydrogen-bond acceptors (Lipinski definition) is 5. The van der Waals surface area contributed by atoms with Crippen LogP contribution in [0.3, 0.4) is 0 Å². The normalized spacial score (nSPS) is 16.0. The summed E-state index contributed by atoms with van der Waals surface area (Å²) in [5, 5.41) is 13.9. The Morgan fingerprint density at radius 3 is 2.56 bits per heavy atom. The molecule has 11 heteroatoms. The number of carboxylic acid groups (broad SMARTS) is 1. The number of hydrogen-bond donors (Lipinski definition) is 3. The smallest absolute Gasteiger partial charge is 0.322 e. The quantitative estimate of drug-likeness (QED) is 0.523. The number of pyridine rings is 1. The van der Waals surface area contributed by atoms with Crippen molar-refractivity contribution in [2.45, 2.75) is 13.0 Å². The van der Waals surface area contributed by atoms with E-state index in [1.807, 2.05) is 6.92 Å². The number of nitrogens with one attached hydrogen (secondary N) is 2. The lowest BCUT2D eigenvalue weighted by Crippen LogP contribution is -2.49. The van der Waals surface area contributed by atoms with Gasteiger partial charge >= 0.3 is 5.97 Å². The molecule has 2 aromatic carbocycles. The third-order valence-electron chi connectivity index (χ3n) is 5.60. The number of carbonyl (C=O) groups is 2. The molecule has 1 unspecified atom stereocenters. The summed E-state index contributed by atoms with van der Waals surface area (Å²) in [4.78, 5) is 38.2. The van der Waals surface area contributed by atoms with E-state index >= 15 is 4.39 Å². The molecule has 1 aliphatic heterocycles. The van der Waals surface area contributed by atoms with Crippen LogP contribution in [0.5, 0.6) is 0 Å². The van der Waals surface area contributed by atoms with E-state index in [4.69, 9.17) is 5.11 Å². The minimum Gasteiger partial charge on any atom is -0.480 e. The lowest BCUT2D eigenvalue weighted by Gasteiger charge is -2.34. The first-order valence-corrected chi connectivity index (χ1v) is 10.5. The molecule has 0 aliphatic carbocycles. The summed E-state index contributed by atoms with van der Waals surface area (Å²) in [6, 6.07) is 5.24. The van der Waals surface area contributed by atoms with E-state index in [9.17, 15) is 23.2 Å². The van der Waals surface area contributed by atoms with Crippen LogP contribution in [0.25, 0.3) is 16.6 Å². The van der Waals surface area contributed by atoms with Crippen molar-refractivity contribution in [3.63, 3.8) is 0 Å². The molecule has 1 atom stereocenters. The second-order valence-corrected chi connectivity index (χ2v) is 8.04. The molecular weight excluding hydrogens is 453 g/mol. The number of amides is 1. The Morgan fingerprint density at radius 1 is 1.15 bits per heavy atom. The van der Waals surface area contributed by atoms with Crippen LogP contribution in [0.15, 0.2) is 41.3 Å². The van der Waals surface area contributed by atoms with Crippen molar-refractivity contribution in [3.05, 3.63) is 69.8 Å². The largest absolute Gasteiger partial charge is 0.480 e. The molecule has 0 spiro atoms. The number of anilines is 1. The third-order valence-corrected chi connectivity index (χ3v) is 5.60. The number of rotatable bonds is 5. The van der Waals surface area contributed by atoms with Gasteiger partial charge in [0.05, 0.1) is 16.9 Å². The monoisotopic (exact) mass is 474 g/mol. The highest BCUT2D eigenvalue weighted by molar-refractivity contribution is 5.99. The zero-order chi connectivity index (χ0) is 24.6. The molecule has 178 valence electrons. The first kappa shape index (κ1) is 23.3. The lowest BCUT2D eigenvalue weighted by atomic mass is 10.1. The maximum Gasteiger partial charge on any atom is 0.322 e. The van der Waals surface area contributed by atoms with E-state index in [2.05, 4.69) is 10.6 Å². The van der Waals surface area contributed by atoms with Gasteiger partial charge < -0.3 is 25.2 Å². The molecule has 1 saturated heterocycles. The van der Waals surface area contributed by atoms with Crippen LogP contribution in [0.1, 0.15) is 17.3 Å². The van der Waals surface area contributed by atoms with Gasteiger partial charge in [-0.2, -0.15) is 0 Å². The second-order valence-electron chi connectivity index (χ2n) is 8.04. The third kappa shape index (κ3) is 4.46. The van der Waals surface area contributed by atoms with Gasteiger partial charge in [-0.3, -0.25) is 14.4 Å². The van der Waals surface area contributed by atoms with Crippen LogP contribution < -0.4 is 21.0 Å². The van der Waals surface area contributed by atoms with Crippen molar-refractivity contribution >= 4 is 28.5 Å². The maximum atomic E-state index is 15.2. The Bertz CT molecular complexity index is 1360. The fourth-order valence-electron chi connectivity index (χ4n) is 4.02. The highest BCUT2D eigenvalue weighted by Gasteiger charge is 2.23. The van der Waals surface area contributed by atoms with Gasteiger partial charge in [0.25, 0.3) is 5.91 Å². The van der Waals surface area contributed by atoms with Crippen LogP contribution in [-0.2, 0) is 4.79 Å². The molecule has 1 fully saturated rings. The first-order valence-electron chi connectivity index (χ1n) is 10.5.